The number of hydrogen-bond donors (Lipinski definition) is 2. The SMILES string of the molecule is CCC(CC)N(CCOC)C(CO)C(N)CC(C)C. The van der Waals surface area contributed by atoms with E-state index < -0.39 is 0 Å². The van der Waals surface area contributed by atoms with Crippen molar-refractivity contribution < 1.29 is 9.84 Å². The maximum Gasteiger partial charge on any atom is 0.0602 e. The topological polar surface area (TPSA) is 58.7 Å². The van der Waals surface area contributed by atoms with Crippen LogP contribution in [-0.2, 0) is 4.74 Å². The fraction of sp³-hybridized carbons (Fsp3) is 1.00. The summed E-state index contributed by atoms with van der Waals surface area (Å²) in [5.74, 6) is 0.551. The van der Waals surface area contributed by atoms with Gasteiger partial charge in [0.1, 0.15) is 0 Å². The number of nitrogens with zero attached hydrogens (tertiary/aromatic N) is 1. The molecular weight excluding hydrogens is 240 g/mol. The minimum Gasteiger partial charge on any atom is -0.395 e. The summed E-state index contributed by atoms with van der Waals surface area (Å²) in [5.41, 5.74) is 6.31. The van der Waals surface area contributed by atoms with Crippen molar-refractivity contribution in [1.82, 2.24) is 4.90 Å². The molecule has 0 rings (SSSR count). The van der Waals surface area contributed by atoms with Crippen molar-refractivity contribution in [3.8, 4) is 0 Å². The van der Waals surface area contributed by atoms with E-state index in [0.29, 0.717) is 18.6 Å². The van der Waals surface area contributed by atoms with Crippen LogP contribution in [0.5, 0.6) is 0 Å². The Hall–Kier alpha value is -0.160. The van der Waals surface area contributed by atoms with Gasteiger partial charge in [0.15, 0.2) is 0 Å². The van der Waals surface area contributed by atoms with E-state index in [1.54, 1.807) is 7.11 Å². The Balaban J connectivity index is 4.83. The van der Waals surface area contributed by atoms with Gasteiger partial charge in [-0.25, -0.2) is 0 Å². The highest BCUT2D eigenvalue weighted by Crippen LogP contribution is 2.17. The molecule has 0 radical (unpaired) electrons. The second-order valence-electron chi connectivity index (χ2n) is 5.74. The molecule has 4 heteroatoms. The molecule has 2 unspecified atom stereocenters. The molecule has 0 heterocycles. The molecule has 0 aromatic heterocycles. The third-order valence-electron chi connectivity index (χ3n) is 3.82. The summed E-state index contributed by atoms with van der Waals surface area (Å²) in [6, 6.07) is 0.510. The maximum atomic E-state index is 9.76. The first-order valence-corrected chi connectivity index (χ1v) is 7.62. The molecule has 0 spiro atoms. The number of rotatable bonds is 11. The van der Waals surface area contributed by atoms with E-state index >= 15 is 0 Å². The molecule has 0 saturated heterocycles. The molecule has 2 atom stereocenters. The van der Waals surface area contributed by atoms with E-state index in [0.717, 1.165) is 25.8 Å². The average molecular weight is 274 g/mol. The molecule has 0 aromatic rings. The summed E-state index contributed by atoms with van der Waals surface area (Å²) in [6.07, 6.45) is 3.09. The molecule has 116 valence electrons. The van der Waals surface area contributed by atoms with Gasteiger partial charge >= 0.3 is 0 Å². The monoisotopic (exact) mass is 274 g/mol. The van der Waals surface area contributed by atoms with Crippen LogP contribution in [0.3, 0.4) is 0 Å². The van der Waals surface area contributed by atoms with Gasteiger partial charge in [-0.3, -0.25) is 4.90 Å². The fourth-order valence-corrected chi connectivity index (χ4v) is 2.76. The Bertz CT molecular complexity index is 208. The zero-order valence-electron chi connectivity index (χ0n) is 13.4. The first-order valence-electron chi connectivity index (χ1n) is 7.62. The van der Waals surface area contributed by atoms with Crippen molar-refractivity contribution in [3.05, 3.63) is 0 Å². The zero-order chi connectivity index (χ0) is 14.8. The molecule has 0 bridgehead atoms. The smallest absolute Gasteiger partial charge is 0.0602 e. The van der Waals surface area contributed by atoms with Crippen LogP contribution in [0.2, 0.25) is 0 Å². The summed E-state index contributed by atoms with van der Waals surface area (Å²) in [7, 11) is 1.72. The van der Waals surface area contributed by atoms with Gasteiger partial charge in [-0.15, -0.1) is 0 Å². The number of hydrogen-bond acceptors (Lipinski definition) is 4. The van der Waals surface area contributed by atoms with E-state index in [1.807, 2.05) is 0 Å². The molecule has 19 heavy (non-hydrogen) atoms. The van der Waals surface area contributed by atoms with E-state index in [2.05, 4.69) is 32.6 Å². The van der Waals surface area contributed by atoms with Gasteiger partial charge in [0.05, 0.1) is 13.2 Å². The lowest BCUT2D eigenvalue weighted by molar-refractivity contribution is 0.0359. The highest BCUT2D eigenvalue weighted by Gasteiger charge is 2.28. The lowest BCUT2D eigenvalue weighted by Crippen LogP contribution is -2.55. The summed E-state index contributed by atoms with van der Waals surface area (Å²) >= 11 is 0. The maximum absolute atomic E-state index is 9.76. The Kier molecular flexibility index (Phi) is 10.5. The second kappa shape index (κ2) is 10.6. The molecule has 3 N–H and O–H groups in total. The minimum atomic E-state index is 0.0162. The highest BCUT2D eigenvalue weighted by atomic mass is 16.5. The lowest BCUT2D eigenvalue weighted by Gasteiger charge is -2.40. The largest absolute Gasteiger partial charge is 0.395 e. The van der Waals surface area contributed by atoms with E-state index in [-0.39, 0.29) is 18.7 Å². The van der Waals surface area contributed by atoms with E-state index in [1.165, 1.54) is 0 Å². The predicted octanol–water partition coefficient (Wildman–Crippen LogP) is 1.86. The van der Waals surface area contributed by atoms with Gasteiger partial charge in [0, 0.05) is 31.8 Å². The Morgan fingerprint density at radius 1 is 1.21 bits per heavy atom. The number of aliphatic hydroxyl groups is 1. The van der Waals surface area contributed by atoms with Crippen LogP contribution in [0, 0.1) is 5.92 Å². The highest BCUT2D eigenvalue weighted by molar-refractivity contribution is 4.86. The van der Waals surface area contributed by atoms with Crippen LogP contribution >= 0.6 is 0 Å². The van der Waals surface area contributed by atoms with E-state index in [9.17, 15) is 5.11 Å². The number of nitrogens with two attached hydrogens (primary N) is 1. The number of methoxy groups -OCH3 is 1. The standard InChI is InChI=1S/C15H34N2O2/c1-6-13(7-2)17(8-9-19-5)15(11-18)14(16)10-12(3)4/h12-15,18H,6-11,16H2,1-5H3. The Labute approximate surface area is 119 Å². The van der Waals surface area contributed by atoms with Crippen molar-refractivity contribution >= 4 is 0 Å². The third-order valence-corrected chi connectivity index (χ3v) is 3.82. The summed E-state index contributed by atoms with van der Waals surface area (Å²) in [4.78, 5) is 2.34. The minimum absolute atomic E-state index is 0.0162. The number of ether oxygens (including phenoxy) is 1. The molecule has 0 aliphatic carbocycles. The van der Waals surface area contributed by atoms with Crippen molar-refractivity contribution in [3.63, 3.8) is 0 Å². The summed E-state index contributed by atoms with van der Waals surface area (Å²) < 4.78 is 5.20. The summed E-state index contributed by atoms with van der Waals surface area (Å²) in [6.45, 7) is 10.4. The van der Waals surface area contributed by atoms with Gasteiger partial charge in [-0.05, 0) is 25.2 Å². The quantitative estimate of drug-likeness (QED) is 0.604. The lowest BCUT2D eigenvalue weighted by atomic mass is 9.95. The van der Waals surface area contributed by atoms with Crippen LogP contribution < -0.4 is 5.73 Å². The van der Waals surface area contributed by atoms with Gasteiger partial charge < -0.3 is 15.6 Å². The van der Waals surface area contributed by atoms with Crippen LogP contribution in [0.1, 0.15) is 47.0 Å². The molecule has 0 aromatic carbocycles. The molecule has 0 aliphatic heterocycles. The second-order valence-corrected chi connectivity index (χ2v) is 5.74. The molecular formula is C15H34N2O2. The molecule has 0 saturated carbocycles. The van der Waals surface area contributed by atoms with Crippen molar-refractivity contribution in [1.29, 1.82) is 0 Å². The predicted molar refractivity (Wildman–Crippen MR) is 81.3 cm³/mol. The Morgan fingerprint density at radius 3 is 2.16 bits per heavy atom. The van der Waals surface area contributed by atoms with Crippen molar-refractivity contribution in [2.75, 3.05) is 26.9 Å². The first kappa shape index (κ1) is 18.8. The van der Waals surface area contributed by atoms with Gasteiger partial charge in [-0.1, -0.05) is 27.7 Å². The molecule has 0 amide bonds. The Morgan fingerprint density at radius 2 is 1.79 bits per heavy atom. The van der Waals surface area contributed by atoms with Crippen molar-refractivity contribution in [2.24, 2.45) is 11.7 Å². The fourth-order valence-electron chi connectivity index (χ4n) is 2.76. The van der Waals surface area contributed by atoms with Crippen LogP contribution in [0.4, 0.5) is 0 Å². The van der Waals surface area contributed by atoms with E-state index in [4.69, 9.17) is 10.5 Å². The normalized spacial score (nSPS) is 15.5. The zero-order valence-corrected chi connectivity index (χ0v) is 13.4. The van der Waals surface area contributed by atoms with Crippen molar-refractivity contribution in [2.45, 2.75) is 65.1 Å². The number of aliphatic hydroxyl groups excluding tert-OH is 1. The summed E-state index contributed by atoms with van der Waals surface area (Å²) in [5, 5.41) is 9.76. The first-order chi connectivity index (χ1) is 9.01. The average Bonchev–Trinajstić information content (AvgIpc) is 2.36. The third kappa shape index (κ3) is 6.70. The molecule has 0 fully saturated rings. The van der Waals surface area contributed by atoms with Gasteiger partial charge in [0.25, 0.3) is 0 Å². The van der Waals surface area contributed by atoms with Gasteiger partial charge in [-0.2, -0.15) is 0 Å². The van der Waals surface area contributed by atoms with Crippen LogP contribution in [0.25, 0.3) is 0 Å². The van der Waals surface area contributed by atoms with Gasteiger partial charge in [0.2, 0.25) is 0 Å². The van der Waals surface area contributed by atoms with Crippen LogP contribution in [-0.4, -0.2) is 55.0 Å². The molecule has 4 nitrogen and oxygen atoms in total. The van der Waals surface area contributed by atoms with Crippen LogP contribution in [0.15, 0.2) is 0 Å². The molecule has 0 aliphatic rings.